The van der Waals surface area contributed by atoms with Gasteiger partial charge in [0.1, 0.15) is 29.9 Å². The van der Waals surface area contributed by atoms with Crippen LogP contribution in [0.4, 0.5) is 4.39 Å². The van der Waals surface area contributed by atoms with Crippen LogP contribution in [0.25, 0.3) is 10.9 Å². The van der Waals surface area contributed by atoms with Crippen LogP contribution in [-0.4, -0.2) is 34.7 Å². The van der Waals surface area contributed by atoms with Gasteiger partial charge in [-0.15, -0.1) is 0 Å². The number of hydrogen-bond donors (Lipinski definition) is 0. The molecule has 126 valence electrons. The number of nitrogens with zero attached hydrogens (tertiary/aromatic N) is 4. The Bertz CT molecular complexity index is 988. The number of halogens is 1. The van der Waals surface area contributed by atoms with Gasteiger partial charge < -0.3 is 9.64 Å². The minimum absolute atomic E-state index is 0.0599. The molecule has 0 fully saturated rings. The maximum absolute atomic E-state index is 13.2. The second-order valence-corrected chi connectivity index (χ2v) is 5.67. The minimum Gasteiger partial charge on any atom is -0.456 e. The highest BCUT2D eigenvalue weighted by Crippen LogP contribution is 2.28. The molecule has 0 aliphatic carbocycles. The van der Waals surface area contributed by atoms with E-state index in [0.29, 0.717) is 5.75 Å². The van der Waals surface area contributed by atoms with Crippen molar-refractivity contribution in [2.45, 2.75) is 6.54 Å². The standard InChI is InChI=1S/C18H15FN4O2/c1-22(2)18(24)11-23-16-5-4-15(8-13(16)10-21-23)25-17-6-3-14(19)7-12(17)9-20/h3-8,10H,11H2,1-2H3. The van der Waals surface area contributed by atoms with Gasteiger partial charge in [0.2, 0.25) is 5.91 Å². The number of nitriles is 1. The molecule has 0 N–H and O–H groups in total. The number of ether oxygens (including phenoxy) is 1. The van der Waals surface area contributed by atoms with E-state index in [4.69, 9.17) is 10.00 Å². The molecule has 0 unspecified atom stereocenters. The number of aromatic nitrogens is 2. The Hall–Kier alpha value is -3.40. The second kappa shape index (κ2) is 6.61. The number of amides is 1. The summed E-state index contributed by atoms with van der Waals surface area (Å²) in [7, 11) is 3.38. The zero-order valence-electron chi connectivity index (χ0n) is 13.7. The monoisotopic (exact) mass is 338 g/mol. The third kappa shape index (κ3) is 3.43. The van der Waals surface area contributed by atoms with Crippen molar-refractivity contribution in [2.24, 2.45) is 0 Å². The smallest absolute Gasteiger partial charge is 0.243 e. The second-order valence-electron chi connectivity index (χ2n) is 5.67. The number of likely N-dealkylation sites (N-methyl/N-ethyl adjacent to an activating group) is 1. The lowest BCUT2D eigenvalue weighted by Gasteiger charge is -2.11. The van der Waals surface area contributed by atoms with Gasteiger partial charge in [0, 0.05) is 19.5 Å². The van der Waals surface area contributed by atoms with Crippen LogP contribution in [-0.2, 0) is 11.3 Å². The zero-order chi connectivity index (χ0) is 18.0. The molecule has 0 spiro atoms. The maximum Gasteiger partial charge on any atom is 0.243 e. The normalized spacial score (nSPS) is 10.5. The lowest BCUT2D eigenvalue weighted by Crippen LogP contribution is -2.26. The van der Waals surface area contributed by atoms with Crippen LogP contribution in [0.3, 0.4) is 0 Å². The lowest BCUT2D eigenvalue weighted by atomic mass is 10.2. The van der Waals surface area contributed by atoms with Crippen molar-refractivity contribution in [1.82, 2.24) is 14.7 Å². The van der Waals surface area contributed by atoms with Crippen molar-refractivity contribution in [2.75, 3.05) is 14.1 Å². The number of carbonyl (C=O) groups excluding carboxylic acids is 1. The molecule has 7 heteroatoms. The summed E-state index contributed by atoms with van der Waals surface area (Å²) in [4.78, 5) is 13.3. The summed E-state index contributed by atoms with van der Waals surface area (Å²) in [6, 6.07) is 10.9. The van der Waals surface area contributed by atoms with E-state index in [1.54, 1.807) is 43.2 Å². The van der Waals surface area contributed by atoms with Crippen LogP contribution in [0.5, 0.6) is 11.5 Å². The molecule has 0 radical (unpaired) electrons. The summed E-state index contributed by atoms with van der Waals surface area (Å²) in [6.07, 6.45) is 1.64. The first kappa shape index (κ1) is 16.5. The van der Waals surface area contributed by atoms with E-state index >= 15 is 0 Å². The quantitative estimate of drug-likeness (QED) is 0.733. The van der Waals surface area contributed by atoms with E-state index < -0.39 is 5.82 Å². The Morgan fingerprint density at radius 2 is 2.12 bits per heavy atom. The highest BCUT2D eigenvalue weighted by molar-refractivity contribution is 5.83. The van der Waals surface area contributed by atoms with Crippen LogP contribution in [0.1, 0.15) is 5.56 Å². The van der Waals surface area contributed by atoms with Crippen LogP contribution in [0.2, 0.25) is 0 Å². The summed E-state index contributed by atoms with van der Waals surface area (Å²) >= 11 is 0. The third-order valence-electron chi connectivity index (χ3n) is 3.69. The molecule has 0 saturated carbocycles. The Labute approximate surface area is 143 Å². The molecule has 1 heterocycles. The number of carbonyl (C=O) groups is 1. The Balaban J connectivity index is 1.88. The average Bonchev–Trinajstić information content (AvgIpc) is 2.98. The Kier molecular flexibility index (Phi) is 4.35. The molecule has 2 aromatic carbocycles. The molecule has 3 rings (SSSR count). The van der Waals surface area contributed by atoms with Gasteiger partial charge in [-0.3, -0.25) is 9.48 Å². The predicted octanol–water partition coefficient (Wildman–Crippen LogP) is 2.93. The summed E-state index contributed by atoms with van der Waals surface area (Å²) in [6.45, 7) is 0.146. The highest BCUT2D eigenvalue weighted by Gasteiger charge is 2.11. The van der Waals surface area contributed by atoms with Crippen molar-refractivity contribution in [3.05, 3.63) is 54.0 Å². The average molecular weight is 338 g/mol. The SMILES string of the molecule is CN(C)C(=O)Cn1ncc2cc(Oc3ccc(F)cc3C#N)ccc21. The fraction of sp³-hybridized carbons (Fsp3) is 0.167. The van der Waals surface area contributed by atoms with Crippen LogP contribution >= 0.6 is 0 Å². The molecule has 1 aromatic heterocycles. The highest BCUT2D eigenvalue weighted by atomic mass is 19.1. The third-order valence-corrected chi connectivity index (χ3v) is 3.69. The van der Waals surface area contributed by atoms with E-state index in [0.717, 1.165) is 17.0 Å². The molecule has 25 heavy (non-hydrogen) atoms. The molecule has 0 saturated heterocycles. The molecule has 6 nitrogen and oxygen atoms in total. The Morgan fingerprint density at radius 3 is 2.84 bits per heavy atom. The van der Waals surface area contributed by atoms with E-state index in [1.165, 1.54) is 17.0 Å². The fourth-order valence-electron chi connectivity index (χ4n) is 2.33. The molecule has 0 atom stereocenters. The number of fused-ring (bicyclic) bond motifs is 1. The molecule has 0 aliphatic rings. The number of benzene rings is 2. The first-order valence-electron chi connectivity index (χ1n) is 7.51. The molecular weight excluding hydrogens is 323 g/mol. The van der Waals surface area contributed by atoms with Gasteiger partial charge in [0.25, 0.3) is 0 Å². The fourth-order valence-corrected chi connectivity index (χ4v) is 2.33. The van der Waals surface area contributed by atoms with E-state index in [2.05, 4.69) is 5.10 Å². The maximum atomic E-state index is 13.2. The van der Waals surface area contributed by atoms with Crippen LogP contribution < -0.4 is 4.74 Å². The van der Waals surface area contributed by atoms with Gasteiger partial charge in [0.05, 0.1) is 17.3 Å². The van der Waals surface area contributed by atoms with Crippen LogP contribution in [0, 0.1) is 17.1 Å². The van der Waals surface area contributed by atoms with E-state index in [-0.39, 0.29) is 23.8 Å². The summed E-state index contributed by atoms with van der Waals surface area (Å²) in [5.74, 6) is 0.217. The van der Waals surface area contributed by atoms with Gasteiger partial charge in [-0.25, -0.2) is 4.39 Å². The van der Waals surface area contributed by atoms with Gasteiger partial charge in [-0.05, 0) is 36.4 Å². The van der Waals surface area contributed by atoms with Crippen molar-refractivity contribution in [3.8, 4) is 17.6 Å². The van der Waals surface area contributed by atoms with Crippen molar-refractivity contribution in [3.63, 3.8) is 0 Å². The molecular formula is C18H15FN4O2. The lowest BCUT2D eigenvalue weighted by molar-refractivity contribution is -0.129. The minimum atomic E-state index is -0.494. The number of rotatable bonds is 4. The zero-order valence-corrected chi connectivity index (χ0v) is 13.7. The largest absolute Gasteiger partial charge is 0.456 e. The van der Waals surface area contributed by atoms with Gasteiger partial charge in [0.15, 0.2) is 0 Å². The molecule has 3 aromatic rings. The predicted molar refractivity (Wildman–Crippen MR) is 89.6 cm³/mol. The van der Waals surface area contributed by atoms with Crippen molar-refractivity contribution < 1.29 is 13.9 Å². The van der Waals surface area contributed by atoms with Crippen LogP contribution in [0.15, 0.2) is 42.6 Å². The van der Waals surface area contributed by atoms with Gasteiger partial charge >= 0.3 is 0 Å². The van der Waals surface area contributed by atoms with Crippen molar-refractivity contribution in [1.29, 1.82) is 5.26 Å². The summed E-state index contributed by atoms with van der Waals surface area (Å²) in [5.41, 5.74) is 0.912. The van der Waals surface area contributed by atoms with Crippen molar-refractivity contribution >= 4 is 16.8 Å². The summed E-state index contributed by atoms with van der Waals surface area (Å²) < 4.78 is 20.5. The number of hydrogen-bond acceptors (Lipinski definition) is 4. The van der Waals surface area contributed by atoms with Gasteiger partial charge in [-0.2, -0.15) is 10.4 Å². The molecule has 1 amide bonds. The topological polar surface area (TPSA) is 71.2 Å². The Morgan fingerprint density at radius 1 is 1.32 bits per heavy atom. The summed E-state index contributed by atoms with van der Waals surface area (Å²) in [5, 5.41) is 14.1. The molecule has 0 bridgehead atoms. The first-order valence-corrected chi connectivity index (χ1v) is 7.51. The van der Waals surface area contributed by atoms with E-state index in [9.17, 15) is 9.18 Å². The molecule has 0 aliphatic heterocycles. The van der Waals surface area contributed by atoms with Gasteiger partial charge in [-0.1, -0.05) is 0 Å². The first-order chi connectivity index (χ1) is 12.0. The van der Waals surface area contributed by atoms with E-state index in [1.807, 2.05) is 6.07 Å².